The van der Waals surface area contributed by atoms with Gasteiger partial charge in [0.15, 0.2) is 0 Å². The summed E-state index contributed by atoms with van der Waals surface area (Å²) in [6.07, 6.45) is 6.29. The summed E-state index contributed by atoms with van der Waals surface area (Å²) in [4.78, 5) is 0. The van der Waals surface area contributed by atoms with Gasteiger partial charge in [-0.1, -0.05) is 93.2 Å². The second kappa shape index (κ2) is 8.00. The van der Waals surface area contributed by atoms with Gasteiger partial charge in [-0.05, 0) is 48.1 Å². The topological polar surface area (TPSA) is 0 Å². The highest BCUT2D eigenvalue weighted by Gasteiger charge is 2.37. The van der Waals surface area contributed by atoms with E-state index in [1.165, 1.54) is 42.4 Å². The fourth-order valence-corrected chi connectivity index (χ4v) is 6.25. The van der Waals surface area contributed by atoms with Crippen LogP contribution in [-0.4, -0.2) is 0 Å². The third kappa shape index (κ3) is 2.96. The minimum atomic E-state index is -0.187. The number of fused-ring (bicyclic) bond motifs is 3. The van der Waals surface area contributed by atoms with E-state index in [9.17, 15) is 0 Å². The van der Waals surface area contributed by atoms with Gasteiger partial charge in [0.25, 0.3) is 0 Å². The highest BCUT2D eigenvalue weighted by Crippen LogP contribution is 2.47. The summed E-state index contributed by atoms with van der Waals surface area (Å²) in [5.74, 6) is 0. The minimum Gasteiger partial charge on any atom is -0.135 e. The molecule has 0 spiro atoms. The quantitative estimate of drug-likeness (QED) is 0.287. The van der Waals surface area contributed by atoms with Crippen LogP contribution in [0.5, 0.6) is 0 Å². The second-order valence-corrected chi connectivity index (χ2v) is 8.55. The number of aryl methyl sites for hydroxylation is 1. The van der Waals surface area contributed by atoms with Crippen LogP contribution >= 0.6 is 11.3 Å². The van der Waals surface area contributed by atoms with Gasteiger partial charge >= 0.3 is 0 Å². The van der Waals surface area contributed by atoms with Crippen molar-refractivity contribution < 1.29 is 0 Å². The third-order valence-corrected chi connectivity index (χ3v) is 7.53. The lowest BCUT2D eigenvalue weighted by molar-refractivity contribution is 0.587. The summed E-state index contributed by atoms with van der Waals surface area (Å²) < 4.78 is 2.80. The zero-order valence-corrected chi connectivity index (χ0v) is 18.4. The van der Waals surface area contributed by atoms with Crippen molar-refractivity contribution >= 4 is 31.5 Å². The first-order valence-electron chi connectivity index (χ1n) is 10.5. The van der Waals surface area contributed by atoms with Gasteiger partial charge in [-0.15, -0.1) is 11.3 Å². The molecule has 146 valence electrons. The lowest BCUT2D eigenvalue weighted by Crippen LogP contribution is -2.30. The highest BCUT2D eigenvalue weighted by atomic mass is 32.1. The van der Waals surface area contributed by atoms with Crippen LogP contribution in [0.15, 0.2) is 91.0 Å². The van der Waals surface area contributed by atoms with Crippen LogP contribution in [0.25, 0.3) is 20.2 Å². The molecule has 0 radical (unpaired) electrons. The molecule has 1 unspecified atom stereocenters. The number of thiophene rings is 1. The smallest absolute Gasteiger partial charge is 0.0448 e. The lowest BCUT2D eigenvalue weighted by Gasteiger charge is -2.37. The lowest BCUT2D eigenvalue weighted by atomic mass is 9.65. The van der Waals surface area contributed by atoms with Gasteiger partial charge in [0, 0.05) is 25.6 Å². The monoisotopic (exact) mass is 396 g/mol. The zero-order valence-electron chi connectivity index (χ0n) is 17.5. The highest BCUT2D eigenvalue weighted by molar-refractivity contribution is 7.26. The van der Waals surface area contributed by atoms with Gasteiger partial charge in [-0.2, -0.15) is 0 Å². The van der Waals surface area contributed by atoms with E-state index in [4.69, 9.17) is 0 Å². The Labute approximate surface area is 178 Å². The van der Waals surface area contributed by atoms with Gasteiger partial charge in [-0.3, -0.25) is 0 Å². The maximum absolute atomic E-state index is 4.18. The molecule has 0 amide bonds. The molecule has 0 nitrogen and oxygen atoms in total. The van der Waals surface area contributed by atoms with E-state index in [1.807, 2.05) is 17.4 Å². The Morgan fingerprint density at radius 1 is 0.931 bits per heavy atom. The van der Waals surface area contributed by atoms with Crippen LogP contribution in [0, 0.1) is 0 Å². The predicted octanol–water partition coefficient (Wildman–Crippen LogP) is 8.45. The number of hydrogen-bond acceptors (Lipinski definition) is 1. The normalized spacial score (nSPS) is 14.2. The molecule has 0 saturated carbocycles. The average molecular weight is 397 g/mol. The van der Waals surface area contributed by atoms with Crippen molar-refractivity contribution in [1.82, 2.24) is 0 Å². The van der Waals surface area contributed by atoms with Crippen LogP contribution in [0.2, 0.25) is 0 Å². The van der Waals surface area contributed by atoms with Crippen LogP contribution in [-0.2, 0) is 11.8 Å². The van der Waals surface area contributed by atoms with Gasteiger partial charge in [0.1, 0.15) is 0 Å². The van der Waals surface area contributed by atoms with Crippen LogP contribution in [0.1, 0.15) is 43.9 Å². The van der Waals surface area contributed by atoms with E-state index >= 15 is 0 Å². The van der Waals surface area contributed by atoms with Crippen molar-refractivity contribution in [2.45, 2.75) is 39.0 Å². The SMILES string of the molecule is C=C/C(=C\C)C(CC)(c1ccccc1)c1ccc2c(sc3ccccc32)c1CC. The summed E-state index contributed by atoms with van der Waals surface area (Å²) in [7, 11) is 0. The van der Waals surface area contributed by atoms with Gasteiger partial charge in [-0.25, -0.2) is 0 Å². The maximum Gasteiger partial charge on any atom is 0.0448 e. The molecule has 4 rings (SSSR count). The average Bonchev–Trinajstić information content (AvgIpc) is 3.16. The number of allylic oxidation sites excluding steroid dienone is 3. The molecule has 1 heteroatoms. The minimum absolute atomic E-state index is 0.187. The van der Waals surface area contributed by atoms with E-state index in [2.05, 4.69) is 100 Å². The van der Waals surface area contributed by atoms with Crippen LogP contribution in [0.3, 0.4) is 0 Å². The largest absolute Gasteiger partial charge is 0.135 e. The molecule has 0 bridgehead atoms. The Hall–Kier alpha value is -2.64. The van der Waals surface area contributed by atoms with E-state index in [0.717, 1.165) is 12.8 Å². The van der Waals surface area contributed by atoms with Crippen molar-refractivity contribution in [3.05, 3.63) is 108 Å². The maximum atomic E-state index is 4.18. The Kier molecular flexibility index (Phi) is 5.43. The summed E-state index contributed by atoms with van der Waals surface area (Å²) >= 11 is 1.93. The Balaban J connectivity index is 2.12. The van der Waals surface area contributed by atoms with Gasteiger partial charge in [0.2, 0.25) is 0 Å². The molecule has 0 aliphatic heterocycles. The molecule has 0 aliphatic rings. The van der Waals surface area contributed by atoms with Crippen LogP contribution in [0.4, 0.5) is 0 Å². The van der Waals surface area contributed by atoms with Gasteiger partial charge < -0.3 is 0 Å². The molecule has 4 aromatic rings. The number of rotatable bonds is 6. The second-order valence-electron chi connectivity index (χ2n) is 7.49. The first kappa shape index (κ1) is 19.7. The summed E-state index contributed by atoms with van der Waals surface area (Å²) in [5.41, 5.74) is 5.32. The van der Waals surface area contributed by atoms with E-state index in [1.54, 1.807) is 0 Å². The molecular formula is C28H28S. The van der Waals surface area contributed by atoms with E-state index < -0.39 is 0 Å². The molecule has 3 aromatic carbocycles. The standard InChI is InChI=1S/C28H28S/c1-5-20(6-2)28(8-4,21-14-10-9-11-15-21)25-19-18-24-23-16-12-13-17-26(23)29-27(24)22(25)7-3/h5-6,9-19H,1,7-8H2,2-4H3/b20-6+. The van der Waals surface area contributed by atoms with Crippen LogP contribution < -0.4 is 0 Å². The summed E-state index contributed by atoms with van der Waals surface area (Å²) in [6.45, 7) is 10.9. The number of benzene rings is 3. The van der Waals surface area contributed by atoms with Crippen molar-refractivity contribution in [3.63, 3.8) is 0 Å². The molecule has 0 N–H and O–H groups in total. The van der Waals surface area contributed by atoms with E-state index in [-0.39, 0.29) is 5.41 Å². The number of hydrogen-bond donors (Lipinski definition) is 0. The third-order valence-electron chi connectivity index (χ3n) is 6.28. The zero-order chi connectivity index (χ0) is 20.4. The Morgan fingerprint density at radius 2 is 1.66 bits per heavy atom. The molecular weight excluding hydrogens is 368 g/mol. The Morgan fingerprint density at radius 3 is 2.31 bits per heavy atom. The fourth-order valence-electron chi connectivity index (χ4n) is 4.93. The molecule has 0 fully saturated rings. The van der Waals surface area contributed by atoms with Gasteiger partial charge in [0.05, 0.1) is 0 Å². The fraction of sp³-hybridized carbons (Fsp3) is 0.214. The molecule has 29 heavy (non-hydrogen) atoms. The molecule has 0 aliphatic carbocycles. The van der Waals surface area contributed by atoms with E-state index in [0.29, 0.717) is 0 Å². The summed E-state index contributed by atoms with van der Waals surface area (Å²) in [6, 6.07) is 24.4. The molecule has 1 heterocycles. The van der Waals surface area contributed by atoms with Crippen molar-refractivity contribution in [2.75, 3.05) is 0 Å². The molecule has 0 saturated heterocycles. The first-order chi connectivity index (χ1) is 14.2. The molecule has 1 aromatic heterocycles. The van der Waals surface area contributed by atoms with Crippen molar-refractivity contribution in [2.24, 2.45) is 0 Å². The Bertz CT molecular complexity index is 1190. The van der Waals surface area contributed by atoms with Crippen molar-refractivity contribution in [3.8, 4) is 0 Å². The predicted molar refractivity (Wildman–Crippen MR) is 130 cm³/mol. The summed E-state index contributed by atoms with van der Waals surface area (Å²) in [5, 5.41) is 2.75. The first-order valence-corrected chi connectivity index (χ1v) is 11.3. The molecule has 1 atom stereocenters. The van der Waals surface area contributed by atoms with Crippen molar-refractivity contribution in [1.29, 1.82) is 0 Å².